The Hall–Kier alpha value is -1.57. The average molecular weight is 280 g/mol. The molecule has 2 aliphatic carbocycles. The molecule has 2 fully saturated rings. The standard InChI is InChI=1S/C19H24N2/c1-2-10-19(9-1)11-7-16(8-12-19)21-17-5-6-18-15(14-17)4-3-13-20-18/h3-6,13-14,16,21H,1-2,7-12H2. The summed E-state index contributed by atoms with van der Waals surface area (Å²) in [6.07, 6.45) is 13.3. The number of anilines is 1. The van der Waals surface area contributed by atoms with Crippen LogP contribution in [0.2, 0.25) is 0 Å². The van der Waals surface area contributed by atoms with Gasteiger partial charge in [0.2, 0.25) is 0 Å². The van der Waals surface area contributed by atoms with Crippen LogP contribution in [0.4, 0.5) is 5.69 Å². The van der Waals surface area contributed by atoms with E-state index in [1.807, 2.05) is 12.3 Å². The first-order chi connectivity index (χ1) is 10.3. The van der Waals surface area contributed by atoms with Gasteiger partial charge in [0.05, 0.1) is 5.52 Å². The highest BCUT2D eigenvalue weighted by Crippen LogP contribution is 2.49. The van der Waals surface area contributed by atoms with Crippen LogP contribution >= 0.6 is 0 Å². The van der Waals surface area contributed by atoms with Crippen molar-refractivity contribution in [2.45, 2.75) is 57.4 Å². The number of benzene rings is 1. The van der Waals surface area contributed by atoms with Gasteiger partial charge in [0.15, 0.2) is 0 Å². The van der Waals surface area contributed by atoms with Crippen LogP contribution < -0.4 is 5.32 Å². The minimum atomic E-state index is 0.658. The Morgan fingerprint density at radius 3 is 2.62 bits per heavy atom. The lowest BCUT2D eigenvalue weighted by Crippen LogP contribution is -2.31. The maximum Gasteiger partial charge on any atom is 0.0703 e. The first-order valence-corrected chi connectivity index (χ1v) is 8.44. The van der Waals surface area contributed by atoms with Crippen LogP contribution in [0.3, 0.4) is 0 Å². The van der Waals surface area contributed by atoms with Gasteiger partial charge in [-0.15, -0.1) is 0 Å². The zero-order valence-electron chi connectivity index (χ0n) is 12.6. The monoisotopic (exact) mass is 280 g/mol. The molecule has 0 bridgehead atoms. The van der Waals surface area contributed by atoms with Crippen LogP contribution in [0, 0.1) is 5.41 Å². The molecule has 2 nitrogen and oxygen atoms in total. The van der Waals surface area contributed by atoms with E-state index in [9.17, 15) is 0 Å². The summed E-state index contributed by atoms with van der Waals surface area (Å²) in [5.41, 5.74) is 3.06. The molecule has 4 rings (SSSR count). The summed E-state index contributed by atoms with van der Waals surface area (Å²) in [4.78, 5) is 4.39. The minimum Gasteiger partial charge on any atom is -0.382 e. The number of hydrogen-bond donors (Lipinski definition) is 1. The minimum absolute atomic E-state index is 0.658. The Morgan fingerprint density at radius 2 is 1.81 bits per heavy atom. The highest BCUT2D eigenvalue weighted by atomic mass is 14.9. The van der Waals surface area contributed by atoms with Crippen LogP contribution in [0.15, 0.2) is 36.5 Å². The summed E-state index contributed by atoms with van der Waals surface area (Å²) in [5, 5.41) is 4.98. The summed E-state index contributed by atoms with van der Waals surface area (Å²) < 4.78 is 0. The van der Waals surface area contributed by atoms with Crippen molar-refractivity contribution in [1.29, 1.82) is 0 Å². The molecule has 2 aliphatic rings. The third kappa shape index (κ3) is 2.64. The lowest BCUT2D eigenvalue weighted by Gasteiger charge is -2.37. The summed E-state index contributed by atoms with van der Waals surface area (Å²) in [7, 11) is 0. The van der Waals surface area contributed by atoms with Gasteiger partial charge in [-0.25, -0.2) is 0 Å². The van der Waals surface area contributed by atoms with Gasteiger partial charge in [-0.05, 0) is 68.2 Å². The second-order valence-corrected chi connectivity index (χ2v) is 7.04. The van der Waals surface area contributed by atoms with Crippen molar-refractivity contribution >= 4 is 16.6 Å². The van der Waals surface area contributed by atoms with Crippen LogP contribution in [0.1, 0.15) is 51.4 Å². The van der Waals surface area contributed by atoms with Crippen LogP contribution in [0.25, 0.3) is 10.9 Å². The molecule has 1 N–H and O–H groups in total. The molecule has 2 saturated carbocycles. The Balaban J connectivity index is 1.43. The lowest BCUT2D eigenvalue weighted by molar-refractivity contribution is 0.188. The Labute approximate surface area is 127 Å². The number of pyridine rings is 1. The van der Waals surface area contributed by atoms with E-state index in [0.717, 1.165) is 10.9 Å². The normalized spacial score (nSPS) is 21.9. The topological polar surface area (TPSA) is 24.9 Å². The van der Waals surface area contributed by atoms with Crippen molar-refractivity contribution in [1.82, 2.24) is 4.98 Å². The largest absolute Gasteiger partial charge is 0.382 e. The van der Waals surface area contributed by atoms with Gasteiger partial charge in [-0.1, -0.05) is 18.9 Å². The Bertz CT molecular complexity index is 618. The van der Waals surface area contributed by atoms with Gasteiger partial charge in [0.1, 0.15) is 0 Å². The van der Waals surface area contributed by atoms with E-state index < -0.39 is 0 Å². The molecule has 110 valence electrons. The molecule has 1 aromatic heterocycles. The van der Waals surface area contributed by atoms with Gasteiger partial charge in [0, 0.05) is 23.3 Å². The van der Waals surface area contributed by atoms with Crippen molar-refractivity contribution in [3.05, 3.63) is 36.5 Å². The van der Waals surface area contributed by atoms with E-state index in [1.165, 1.54) is 62.4 Å². The number of fused-ring (bicyclic) bond motifs is 1. The summed E-state index contributed by atoms with van der Waals surface area (Å²) in [5.74, 6) is 0. The summed E-state index contributed by atoms with van der Waals surface area (Å²) >= 11 is 0. The van der Waals surface area contributed by atoms with Gasteiger partial charge >= 0.3 is 0 Å². The van der Waals surface area contributed by atoms with Gasteiger partial charge < -0.3 is 5.32 Å². The van der Waals surface area contributed by atoms with Crippen LogP contribution in [-0.2, 0) is 0 Å². The summed E-state index contributed by atoms with van der Waals surface area (Å²) in [6.45, 7) is 0. The second-order valence-electron chi connectivity index (χ2n) is 7.04. The molecule has 21 heavy (non-hydrogen) atoms. The van der Waals surface area contributed by atoms with E-state index in [-0.39, 0.29) is 0 Å². The van der Waals surface area contributed by atoms with Crippen molar-refractivity contribution in [3.63, 3.8) is 0 Å². The molecule has 0 unspecified atom stereocenters. The molecular weight excluding hydrogens is 256 g/mol. The third-order valence-electron chi connectivity index (χ3n) is 5.68. The first kappa shape index (κ1) is 13.1. The molecule has 0 aliphatic heterocycles. The van der Waals surface area contributed by atoms with Gasteiger partial charge in [0.25, 0.3) is 0 Å². The molecular formula is C19H24N2. The molecule has 0 radical (unpaired) electrons. The van der Waals surface area contributed by atoms with E-state index in [4.69, 9.17) is 0 Å². The fourth-order valence-electron chi connectivity index (χ4n) is 4.40. The van der Waals surface area contributed by atoms with Crippen LogP contribution in [0.5, 0.6) is 0 Å². The fourth-order valence-corrected chi connectivity index (χ4v) is 4.40. The van der Waals surface area contributed by atoms with Crippen molar-refractivity contribution in [2.75, 3.05) is 5.32 Å². The van der Waals surface area contributed by atoms with Gasteiger partial charge in [-0.2, -0.15) is 0 Å². The number of nitrogens with one attached hydrogen (secondary N) is 1. The molecule has 0 amide bonds. The average Bonchev–Trinajstić information content (AvgIpc) is 2.98. The SMILES string of the molecule is c1cnc2ccc(NC3CCC4(CCCC4)CC3)cc2c1. The predicted molar refractivity (Wildman–Crippen MR) is 88.5 cm³/mol. The molecule has 1 spiro atoms. The van der Waals surface area contributed by atoms with Crippen molar-refractivity contribution in [2.24, 2.45) is 5.41 Å². The molecule has 2 aromatic rings. The maximum atomic E-state index is 4.39. The van der Waals surface area contributed by atoms with Gasteiger partial charge in [-0.3, -0.25) is 4.98 Å². The summed E-state index contributed by atoms with van der Waals surface area (Å²) in [6, 6.07) is 11.3. The van der Waals surface area contributed by atoms with Crippen molar-refractivity contribution in [3.8, 4) is 0 Å². The number of aromatic nitrogens is 1. The van der Waals surface area contributed by atoms with E-state index in [1.54, 1.807) is 0 Å². The van der Waals surface area contributed by atoms with Crippen LogP contribution in [-0.4, -0.2) is 11.0 Å². The highest BCUT2D eigenvalue weighted by molar-refractivity contribution is 5.82. The van der Waals surface area contributed by atoms with E-state index in [2.05, 4.69) is 34.6 Å². The van der Waals surface area contributed by atoms with Crippen molar-refractivity contribution < 1.29 is 0 Å². The number of hydrogen-bond acceptors (Lipinski definition) is 2. The quantitative estimate of drug-likeness (QED) is 0.823. The number of rotatable bonds is 2. The fraction of sp³-hybridized carbons (Fsp3) is 0.526. The number of nitrogens with zero attached hydrogens (tertiary/aromatic N) is 1. The molecule has 2 heteroatoms. The molecule has 1 heterocycles. The molecule has 0 saturated heterocycles. The smallest absolute Gasteiger partial charge is 0.0703 e. The Morgan fingerprint density at radius 1 is 1.00 bits per heavy atom. The first-order valence-electron chi connectivity index (χ1n) is 8.44. The highest BCUT2D eigenvalue weighted by Gasteiger charge is 2.37. The maximum absolute atomic E-state index is 4.39. The zero-order chi connectivity index (χ0) is 14.1. The predicted octanol–water partition coefficient (Wildman–Crippen LogP) is 5.15. The third-order valence-corrected chi connectivity index (χ3v) is 5.68. The molecule has 1 aromatic carbocycles. The lowest BCUT2D eigenvalue weighted by atomic mass is 9.71. The molecule has 0 atom stereocenters. The Kier molecular flexibility index (Phi) is 3.33. The van der Waals surface area contributed by atoms with E-state index >= 15 is 0 Å². The second kappa shape index (κ2) is 5.32. The van der Waals surface area contributed by atoms with E-state index in [0.29, 0.717) is 6.04 Å². The zero-order valence-corrected chi connectivity index (χ0v) is 12.6.